The molecule has 1 heterocycles. The van der Waals surface area contributed by atoms with Gasteiger partial charge in [-0.15, -0.1) is 0 Å². The molecule has 0 amide bonds. The highest BCUT2D eigenvalue weighted by Crippen LogP contribution is 2.21. The van der Waals surface area contributed by atoms with Crippen molar-refractivity contribution in [3.63, 3.8) is 0 Å². The second kappa shape index (κ2) is 8.22. The number of thioether (sulfide) groups is 1. The van der Waals surface area contributed by atoms with Crippen LogP contribution in [-0.2, 0) is 0 Å². The van der Waals surface area contributed by atoms with Crippen LogP contribution in [0.25, 0.3) is 0 Å². The Morgan fingerprint density at radius 2 is 2.05 bits per heavy atom. The molecule has 2 atom stereocenters. The maximum atomic E-state index is 9.31. The Kier molecular flexibility index (Phi) is 6.94. The van der Waals surface area contributed by atoms with Crippen LogP contribution < -0.4 is 10.6 Å². The number of nitrogens with zero attached hydrogens (tertiary/aromatic N) is 2. The van der Waals surface area contributed by atoms with E-state index in [1.165, 1.54) is 0 Å². The monoisotopic (exact) mass is 284 g/mol. The molecule has 3 N–H and O–H groups in total. The largest absolute Gasteiger partial charge is 0.395 e. The predicted molar refractivity (Wildman–Crippen MR) is 83.0 cm³/mol. The Balaban J connectivity index is 2.78. The molecule has 19 heavy (non-hydrogen) atoms. The first-order valence-electron chi connectivity index (χ1n) is 6.59. The van der Waals surface area contributed by atoms with Gasteiger partial charge < -0.3 is 15.7 Å². The van der Waals surface area contributed by atoms with Crippen LogP contribution in [-0.4, -0.2) is 45.8 Å². The summed E-state index contributed by atoms with van der Waals surface area (Å²) < 4.78 is 0. The number of hydrogen-bond acceptors (Lipinski definition) is 6. The van der Waals surface area contributed by atoms with Crippen LogP contribution in [0.3, 0.4) is 0 Å². The minimum Gasteiger partial charge on any atom is -0.395 e. The Bertz CT molecular complexity index is 385. The number of anilines is 2. The van der Waals surface area contributed by atoms with Gasteiger partial charge in [-0.25, -0.2) is 9.97 Å². The molecule has 0 radical (unpaired) electrons. The molecule has 0 aliphatic heterocycles. The van der Waals surface area contributed by atoms with E-state index in [0.29, 0.717) is 0 Å². The Hall–Kier alpha value is -1.01. The van der Waals surface area contributed by atoms with Crippen LogP contribution in [0.2, 0.25) is 0 Å². The van der Waals surface area contributed by atoms with E-state index in [0.717, 1.165) is 30.2 Å². The second-order valence-electron chi connectivity index (χ2n) is 4.51. The molecule has 108 valence electrons. The van der Waals surface area contributed by atoms with Gasteiger partial charge in [0.15, 0.2) is 0 Å². The summed E-state index contributed by atoms with van der Waals surface area (Å²) in [5, 5.41) is 16.1. The summed E-state index contributed by atoms with van der Waals surface area (Å²) in [4.78, 5) is 8.54. The molecule has 0 saturated heterocycles. The fourth-order valence-corrected chi connectivity index (χ4v) is 2.39. The fourth-order valence-electron chi connectivity index (χ4n) is 1.76. The van der Waals surface area contributed by atoms with Crippen molar-refractivity contribution in [2.24, 2.45) is 0 Å². The molecule has 6 heteroatoms. The van der Waals surface area contributed by atoms with Crippen LogP contribution in [0.4, 0.5) is 11.6 Å². The number of aromatic nitrogens is 2. The van der Waals surface area contributed by atoms with Gasteiger partial charge in [-0.3, -0.25) is 0 Å². The second-order valence-corrected chi connectivity index (χ2v) is 5.59. The molecule has 0 fully saturated rings. The standard InChI is InChI=1S/C13H24N4OS/c1-5-6-14-12-9(2)13(16-8-15-12)17-10(3)11(7-18)19-4/h8,10-11,18H,5-7H2,1-4H3,(H2,14,15,16,17). The van der Waals surface area contributed by atoms with Crippen molar-refractivity contribution >= 4 is 23.4 Å². The highest BCUT2D eigenvalue weighted by molar-refractivity contribution is 7.99. The lowest BCUT2D eigenvalue weighted by Gasteiger charge is -2.23. The first-order valence-corrected chi connectivity index (χ1v) is 7.88. The SMILES string of the molecule is CCCNc1ncnc(NC(C)C(CO)SC)c1C. The lowest BCUT2D eigenvalue weighted by Crippen LogP contribution is -2.31. The van der Waals surface area contributed by atoms with Crippen LogP contribution in [0.5, 0.6) is 0 Å². The predicted octanol–water partition coefficient (Wildman–Crippen LogP) is 2.13. The minimum absolute atomic E-state index is 0.146. The van der Waals surface area contributed by atoms with Crippen molar-refractivity contribution in [1.82, 2.24) is 9.97 Å². The van der Waals surface area contributed by atoms with Gasteiger partial charge in [0.1, 0.15) is 18.0 Å². The molecular weight excluding hydrogens is 260 g/mol. The van der Waals surface area contributed by atoms with Gasteiger partial charge in [0.05, 0.1) is 6.61 Å². The van der Waals surface area contributed by atoms with Gasteiger partial charge >= 0.3 is 0 Å². The Morgan fingerprint density at radius 1 is 1.37 bits per heavy atom. The molecular formula is C13H24N4OS. The van der Waals surface area contributed by atoms with Crippen LogP contribution in [0, 0.1) is 6.92 Å². The average molecular weight is 284 g/mol. The van der Waals surface area contributed by atoms with Gasteiger partial charge in [-0.1, -0.05) is 6.92 Å². The number of hydrogen-bond donors (Lipinski definition) is 3. The van der Waals surface area contributed by atoms with Gasteiger partial charge in [0.25, 0.3) is 0 Å². The summed E-state index contributed by atoms with van der Waals surface area (Å²) >= 11 is 1.65. The van der Waals surface area contributed by atoms with Crippen LogP contribution in [0.15, 0.2) is 6.33 Å². The summed E-state index contributed by atoms with van der Waals surface area (Å²) in [7, 11) is 0. The third-order valence-corrected chi connectivity index (χ3v) is 4.19. The average Bonchev–Trinajstić information content (AvgIpc) is 2.41. The van der Waals surface area contributed by atoms with Crippen molar-refractivity contribution in [3.05, 3.63) is 11.9 Å². The molecule has 1 rings (SSSR count). The van der Waals surface area contributed by atoms with E-state index < -0.39 is 0 Å². The highest BCUT2D eigenvalue weighted by Gasteiger charge is 2.17. The third-order valence-electron chi connectivity index (χ3n) is 3.03. The number of rotatable bonds is 8. The van der Waals surface area contributed by atoms with E-state index in [-0.39, 0.29) is 17.9 Å². The van der Waals surface area contributed by atoms with Crippen molar-refractivity contribution in [3.8, 4) is 0 Å². The molecule has 2 unspecified atom stereocenters. The molecule has 0 spiro atoms. The molecule has 0 aliphatic rings. The molecule has 1 aromatic heterocycles. The van der Waals surface area contributed by atoms with E-state index >= 15 is 0 Å². The number of aliphatic hydroxyl groups is 1. The van der Waals surface area contributed by atoms with Gasteiger partial charge in [0.2, 0.25) is 0 Å². The van der Waals surface area contributed by atoms with Crippen LogP contribution >= 0.6 is 11.8 Å². The highest BCUT2D eigenvalue weighted by atomic mass is 32.2. The summed E-state index contributed by atoms with van der Waals surface area (Å²) in [6, 6.07) is 0.146. The summed E-state index contributed by atoms with van der Waals surface area (Å²) in [5.74, 6) is 1.70. The fraction of sp³-hybridized carbons (Fsp3) is 0.692. The van der Waals surface area contributed by atoms with E-state index in [1.807, 2.05) is 13.2 Å². The Labute approximate surface area is 119 Å². The van der Waals surface area contributed by atoms with E-state index in [9.17, 15) is 5.11 Å². The van der Waals surface area contributed by atoms with E-state index in [4.69, 9.17) is 0 Å². The van der Waals surface area contributed by atoms with Gasteiger partial charge in [0, 0.05) is 23.4 Å². The smallest absolute Gasteiger partial charge is 0.134 e. The quantitative estimate of drug-likeness (QED) is 0.679. The normalized spacial score (nSPS) is 13.9. The zero-order valence-electron chi connectivity index (χ0n) is 12.1. The topological polar surface area (TPSA) is 70.1 Å². The first kappa shape index (κ1) is 16.0. The van der Waals surface area contributed by atoms with E-state index in [2.05, 4.69) is 34.4 Å². The van der Waals surface area contributed by atoms with Crippen molar-refractivity contribution in [1.29, 1.82) is 0 Å². The van der Waals surface area contributed by atoms with Gasteiger partial charge in [-0.2, -0.15) is 11.8 Å². The lowest BCUT2D eigenvalue weighted by molar-refractivity contribution is 0.288. The molecule has 0 aromatic carbocycles. The number of nitrogens with one attached hydrogen (secondary N) is 2. The zero-order chi connectivity index (χ0) is 14.3. The first-order chi connectivity index (χ1) is 9.13. The lowest BCUT2D eigenvalue weighted by atomic mass is 10.2. The third kappa shape index (κ3) is 4.54. The van der Waals surface area contributed by atoms with Crippen molar-refractivity contribution < 1.29 is 5.11 Å². The maximum Gasteiger partial charge on any atom is 0.134 e. The molecule has 0 bridgehead atoms. The molecule has 0 aliphatic carbocycles. The maximum absolute atomic E-state index is 9.31. The Morgan fingerprint density at radius 3 is 2.63 bits per heavy atom. The molecule has 1 aromatic rings. The molecule has 5 nitrogen and oxygen atoms in total. The van der Waals surface area contributed by atoms with Crippen molar-refractivity contribution in [2.45, 2.75) is 38.5 Å². The zero-order valence-corrected chi connectivity index (χ0v) is 12.9. The number of aliphatic hydroxyl groups excluding tert-OH is 1. The van der Waals surface area contributed by atoms with Crippen molar-refractivity contribution in [2.75, 3.05) is 30.0 Å². The molecule has 0 saturated carbocycles. The minimum atomic E-state index is 0.146. The van der Waals surface area contributed by atoms with E-state index in [1.54, 1.807) is 18.1 Å². The summed E-state index contributed by atoms with van der Waals surface area (Å²) in [6.07, 6.45) is 4.62. The summed E-state index contributed by atoms with van der Waals surface area (Å²) in [6.45, 7) is 7.23. The van der Waals surface area contributed by atoms with Crippen LogP contribution in [0.1, 0.15) is 25.8 Å². The van der Waals surface area contributed by atoms with Gasteiger partial charge in [-0.05, 0) is 26.5 Å². The summed E-state index contributed by atoms with van der Waals surface area (Å²) in [5.41, 5.74) is 1.01.